The molecule has 0 fully saturated rings. The maximum atomic E-state index is 10.2. The van der Waals surface area contributed by atoms with E-state index in [0.717, 1.165) is 11.1 Å². The van der Waals surface area contributed by atoms with Crippen molar-refractivity contribution in [3.8, 4) is 0 Å². The van der Waals surface area contributed by atoms with E-state index >= 15 is 0 Å². The van der Waals surface area contributed by atoms with E-state index in [-0.39, 0.29) is 0 Å². The van der Waals surface area contributed by atoms with Crippen LogP contribution in [0.15, 0.2) is 48.5 Å². The van der Waals surface area contributed by atoms with Gasteiger partial charge in [-0.2, -0.15) is 0 Å². The minimum Gasteiger partial charge on any atom is -0.384 e. The van der Waals surface area contributed by atoms with Crippen LogP contribution >= 0.6 is 0 Å². The highest BCUT2D eigenvalue weighted by molar-refractivity contribution is 5.33. The van der Waals surface area contributed by atoms with E-state index in [1.54, 1.807) is 0 Å². The van der Waals surface area contributed by atoms with Gasteiger partial charge in [0.15, 0.2) is 0 Å². The first-order valence-corrected chi connectivity index (χ1v) is 5.48. The largest absolute Gasteiger partial charge is 0.384 e. The minimum atomic E-state index is -0.527. The predicted octanol–water partition coefficient (Wildman–Crippen LogP) is 3.39. The lowest BCUT2D eigenvalue weighted by Crippen LogP contribution is -1.99. The van der Waals surface area contributed by atoms with Crippen molar-refractivity contribution >= 4 is 0 Å². The molecule has 2 rings (SSSR count). The third-order valence-corrected chi connectivity index (χ3v) is 2.75. The Morgan fingerprint density at radius 2 is 1.50 bits per heavy atom. The third-order valence-electron chi connectivity index (χ3n) is 2.75. The summed E-state index contributed by atoms with van der Waals surface area (Å²) in [6, 6.07) is 16.0. The van der Waals surface area contributed by atoms with Crippen molar-refractivity contribution in [2.75, 3.05) is 0 Å². The molecule has 0 bridgehead atoms. The summed E-state index contributed by atoms with van der Waals surface area (Å²) in [6.45, 7) is 4.08. The van der Waals surface area contributed by atoms with E-state index in [4.69, 9.17) is 0 Å². The lowest BCUT2D eigenvalue weighted by Gasteiger charge is -2.12. The van der Waals surface area contributed by atoms with Gasteiger partial charge in [0.05, 0.1) is 0 Å². The Hall–Kier alpha value is -1.60. The molecule has 0 saturated carbocycles. The van der Waals surface area contributed by atoms with Gasteiger partial charge in [-0.15, -0.1) is 0 Å². The van der Waals surface area contributed by atoms with Crippen molar-refractivity contribution in [2.45, 2.75) is 20.0 Å². The van der Waals surface area contributed by atoms with Gasteiger partial charge in [0, 0.05) is 0 Å². The summed E-state index contributed by atoms with van der Waals surface area (Å²) in [7, 11) is 0. The Balaban J connectivity index is 2.31. The number of aryl methyl sites for hydroxylation is 2. The van der Waals surface area contributed by atoms with Gasteiger partial charge in [-0.1, -0.05) is 59.7 Å². The fourth-order valence-corrected chi connectivity index (χ4v) is 1.78. The number of hydrogen-bond acceptors (Lipinski definition) is 1. The summed E-state index contributed by atoms with van der Waals surface area (Å²) in [6.07, 6.45) is -0.527. The predicted molar refractivity (Wildman–Crippen MR) is 66.4 cm³/mol. The van der Waals surface area contributed by atoms with E-state index in [1.165, 1.54) is 11.1 Å². The van der Waals surface area contributed by atoms with E-state index in [0.29, 0.717) is 0 Å². The van der Waals surface area contributed by atoms with Crippen molar-refractivity contribution in [2.24, 2.45) is 0 Å². The van der Waals surface area contributed by atoms with Crippen LogP contribution in [-0.2, 0) is 0 Å². The van der Waals surface area contributed by atoms with Crippen molar-refractivity contribution in [3.63, 3.8) is 0 Å². The normalized spacial score (nSPS) is 12.4. The molecule has 16 heavy (non-hydrogen) atoms. The molecule has 2 aromatic rings. The van der Waals surface area contributed by atoms with Gasteiger partial charge < -0.3 is 5.11 Å². The highest BCUT2D eigenvalue weighted by Crippen LogP contribution is 2.22. The molecule has 0 aliphatic rings. The first-order valence-electron chi connectivity index (χ1n) is 5.48. The van der Waals surface area contributed by atoms with Gasteiger partial charge in [0.1, 0.15) is 6.10 Å². The van der Waals surface area contributed by atoms with Crippen molar-refractivity contribution in [3.05, 3.63) is 70.8 Å². The van der Waals surface area contributed by atoms with Crippen molar-refractivity contribution in [1.82, 2.24) is 0 Å². The van der Waals surface area contributed by atoms with Crippen LogP contribution in [0.5, 0.6) is 0 Å². The molecule has 0 heterocycles. The fourth-order valence-electron chi connectivity index (χ4n) is 1.78. The van der Waals surface area contributed by atoms with E-state index in [9.17, 15) is 5.11 Å². The second kappa shape index (κ2) is 4.50. The lowest BCUT2D eigenvalue weighted by molar-refractivity contribution is 0.220. The molecule has 0 saturated heterocycles. The number of hydrogen-bond donors (Lipinski definition) is 1. The van der Waals surface area contributed by atoms with Gasteiger partial charge >= 0.3 is 0 Å². The molecule has 1 atom stereocenters. The van der Waals surface area contributed by atoms with Crippen LogP contribution in [0.25, 0.3) is 0 Å². The number of benzene rings is 2. The lowest BCUT2D eigenvalue weighted by atomic mass is 9.99. The van der Waals surface area contributed by atoms with Crippen LogP contribution in [-0.4, -0.2) is 5.11 Å². The van der Waals surface area contributed by atoms with Crippen LogP contribution in [0.3, 0.4) is 0 Å². The van der Waals surface area contributed by atoms with Crippen LogP contribution < -0.4 is 0 Å². The molecule has 1 nitrogen and oxygen atoms in total. The van der Waals surface area contributed by atoms with Crippen LogP contribution in [0, 0.1) is 13.8 Å². The monoisotopic (exact) mass is 212 g/mol. The molecule has 0 radical (unpaired) electrons. The molecule has 0 amide bonds. The molecule has 0 spiro atoms. The van der Waals surface area contributed by atoms with Gasteiger partial charge in [-0.25, -0.2) is 0 Å². The van der Waals surface area contributed by atoms with Gasteiger partial charge in [-0.3, -0.25) is 0 Å². The molecule has 82 valence electrons. The quantitative estimate of drug-likeness (QED) is 0.809. The number of aliphatic hydroxyl groups is 1. The summed E-state index contributed by atoms with van der Waals surface area (Å²) in [5, 5.41) is 10.2. The van der Waals surface area contributed by atoms with Crippen LogP contribution in [0.4, 0.5) is 0 Å². The maximum Gasteiger partial charge on any atom is 0.104 e. The zero-order chi connectivity index (χ0) is 11.5. The average Bonchev–Trinajstić information content (AvgIpc) is 2.29. The molecule has 0 aromatic heterocycles. The molecular weight excluding hydrogens is 196 g/mol. The standard InChI is InChI=1S/C15H16O/c1-11-6-8-13(9-7-11)15(16)14-5-3-4-12(2)10-14/h3-10,15-16H,1-2H3/t15-/m0/s1. The summed E-state index contributed by atoms with van der Waals surface area (Å²) in [5.74, 6) is 0. The molecule has 2 aromatic carbocycles. The van der Waals surface area contributed by atoms with Crippen LogP contribution in [0.1, 0.15) is 28.4 Å². The Kier molecular flexibility index (Phi) is 3.07. The molecular formula is C15H16O. The zero-order valence-electron chi connectivity index (χ0n) is 9.64. The van der Waals surface area contributed by atoms with E-state index < -0.39 is 6.10 Å². The first-order chi connectivity index (χ1) is 7.66. The SMILES string of the molecule is Cc1ccc([C@H](O)c2cccc(C)c2)cc1. The highest BCUT2D eigenvalue weighted by Gasteiger charge is 2.09. The second-order valence-corrected chi connectivity index (χ2v) is 4.23. The second-order valence-electron chi connectivity index (χ2n) is 4.23. The van der Waals surface area contributed by atoms with Gasteiger partial charge in [0.2, 0.25) is 0 Å². The summed E-state index contributed by atoms with van der Waals surface area (Å²) >= 11 is 0. The molecule has 1 heteroatoms. The number of rotatable bonds is 2. The maximum absolute atomic E-state index is 10.2. The molecule has 0 aliphatic carbocycles. The minimum absolute atomic E-state index is 0.527. The fraction of sp³-hybridized carbons (Fsp3) is 0.200. The van der Waals surface area contributed by atoms with Gasteiger partial charge in [-0.05, 0) is 25.0 Å². The Morgan fingerprint density at radius 3 is 2.12 bits per heavy atom. The third kappa shape index (κ3) is 2.31. The average molecular weight is 212 g/mol. The summed E-state index contributed by atoms with van der Waals surface area (Å²) in [5.41, 5.74) is 4.27. The van der Waals surface area contributed by atoms with Crippen molar-refractivity contribution in [1.29, 1.82) is 0 Å². The smallest absolute Gasteiger partial charge is 0.104 e. The molecule has 0 aliphatic heterocycles. The first kappa shape index (κ1) is 10.9. The zero-order valence-corrected chi connectivity index (χ0v) is 9.64. The molecule has 1 N–H and O–H groups in total. The summed E-state index contributed by atoms with van der Waals surface area (Å²) < 4.78 is 0. The Morgan fingerprint density at radius 1 is 0.812 bits per heavy atom. The number of aliphatic hydroxyl groups excluding tert-OH is 1. The van der Waals surface area contributed by atoms with Gasteiger partial charge in [0.25, 0.3) is 0 Å². The summed E-state index contributed by atoms with van der Waals surface area (Å²) in [4.78, 5) is 0. The Bertz CT molecular complexity index is 471. The van der Waals surface area contributed by atoms with Crippen LogP contribution in [0.2, 0.25) is 0 Å². The van der Waals surface area contributed by atoms with E-state index in [2.05, 4.69) is 0 Å². The highest BCUT2D eigenvalue weighted by atomic mass is 16.3. The molecule has 0 unspecified atom stereocenters. The topological polar surface area (TPSA) is 20.2 Å². The van der Waals surface area contributed by atoms with Crippen molar-refractivity contribution < 1.29 is 5.11 Å². The van der Waals surface area contributed by atoms with E-state index in [1.807, 2.05) is 62.4 Å². The Labute approximate surface area is 96.4 Å².